The van der Waals surface area contributed by atoms with Crippen molar-refractivity contribution in [1.29, 1.82) is 0 Å². The predicted octanol–water partition coefficient (Wildman–Crippen LogP) is 4.71. The van der Waals surface area contributed by atoms with Gasteiger partial charge in [0.2, 0.25) is 0 Å². The number of H-pyrrole nitrogens is 1. The molecule has 0 saturated heterocycles. The van der Waals surface area contributed by atoms with E-state index in [1.807, 2.05) is 55.6 Å². The van der Waals surface area contributed by atoms with Gasteiger partial charge in [-0.25, -0.2) is 0 Å². The van der Waals surface area contributed by atoms with Gasteiger partial charge in [-0.1, -0.05) is 41.9 Å². The average Bonchev–Trinajstić information content (AvgIpc) is 2.83. The Morgan fingerprint density at radius 3 is 2.79 bits per heavy atom. The van der Waals surface area contributed by atoms with E-state index in [0.29, 0.717) is 6.61 Å². The van der Waals surface area contributed by atoms with Crippen LogP contribution in [-0.4, -0.2) is 4.98 Å². The van der Waals surface area contributed by atoms with Crippen molar-refractivity contribution >= 4 is 22.5 Å². The molecule has 0 radical (unpaired) electrons. The van der Waals surface area contributed by atoms with Gasteiger partial charge in [0.15, 0.2) is 0 Å². The molecular weight excluding hydrogens is 258 g/mol. The quantitative estimate of drug-likeness (QED) is 0.733. The minimum absolute atomic E-state index is 0.533. The Balaban J connectivity index is 1.87. The molecule has 0 spiro atoms. The first-order valence-electron chi connectivity index (χ1n) is 6.18. The van der Waals surface area contributed by atoms with Gasteiger partial charge in [-0.2, -0.15) is 0 Å². The summed E-state index contributed by atoms with van der Waals surface area (Å²) in [6, 6.07) is 13.9. The lowest BCUT2D eigenvalue weighted by atomic mass is 10.2. The van der Waals surface area contributed by atoms with Gasteiger partial charge in [0.1, 0.15) is 12.4 Å². The second-order valence-electron chi connectivity index (χ2n) is 4.53. The summed E-state index contributed by atoms with van der Waals surface area (Å²) in [4.78, 5) is 3.20. The van der Waals surface area contributed by atoms with Crippen LogP contribution in [0.1, 0.15) is 11.1 Å². The van der Waals surface area contributed by atoms with Crippen molar-refractivity contribution in [2.45, 2.75) is 13.5 Å². The maximum Gasteiger partial charge on any atom is 0.122 e. The van der Waals surface area contributed by atoms with Crippen LogP contribution in [0.2, 0.25) is 5.02 Å². The van der Waals surface area contributed by atoms with E-state index in [9.17, 15) is 0 Å². The van der Waals surface area contributed by atoms with E-state index in [4.69, 9.17) is 16.3 Å². The molecule has 96 valence electrons. The van der Waals surface area contributed by atoms with Crippen molar-refractivity contribution < 1.29 is 4.74 Å². The van der Waals surface area contributed by atoms with Crippen LogP contribution in [0.25, 0.3) is 10.9 Å². The summed E-state index contributed by atoms with van der Waals surface area (Å²) >= 11 is 6.14. The molecular formula is C16H14ClNO. The SMILES string of the molecule is Cc1ccccc1OCc1c[nH]c2c(Cl)cccc12. The smallest absolute Gasteiger partial charge is 0.122 e. The van der Waals surface area contributed by atoms with Crippen molar-refractivity contribution in [3.63, 3.8) is 0 Å². The maximum absolute atomic E-state index is 6.14. The highest BCUT2D eigenvalue weighted by atomic mass is 35.5. The van der Waals surface area contributed by atoms with Crippen LogP contribution >= 0.6 is 11.6 Å². The van der Waals surface area contributed by atoms with Gasteiger partial charge in [-0.15, -0.1) is 0 Å². The number of nitrogens with one attached hydrogen (secondary N) is 1. The Morgan fingerprint density at radius 2 is 1.95 bits per heavy atom. The number of fused-ring (bicyclic) bond motifs is 1. The number of rotatable bonds is 3. The zero-order valence-electron chi connectivity index (χ0n) is 10.6. The summed E-state index contributed by atoms with van der Waals surface area (Å²) in [6.45, 7) is 2.58. The van der Waals surface area contributed by atoms with Crippen LogP contribution in [0.15, 0.2) is 48.7 Å². The maximum atomic E-state index is 6.14. The molecule has 1 heterocycles. The highest BCUT2D eigenvalue weighted by Crippen LogP contribution is 2.26. The molecule has 0 aliphatic heterocycles. The largest absolute Gasteiger partial charge is 0.489 e. The second kappa shape index (κ2) is 4.98. The number of aromatic amines is 1. The number of halogens is 1. The lowest BCUT2D eigenvalue weighted by molar-refractivity contribution is 0.305. The van der Waals surface area contributed by atoms with Crippen LogP contribution in [0.3, 0.4) is 0 Å². The van der Waals surface area contributed by atoms with Crippen LogP contribution in [-0.2, 0) is 6.61 Å². The minimum Gasteiger partial charge on any atom is -0.489 e. The molecule has 3 rings (SSSR count). The van der Waals surface area contributed by atoms with E-state index in [-0.39, 0.29) is 0 Å². The third kappa shape index (κ3) is 2.32. The summed E-state index contributed by atoms with van der Waals surface area (Å²) in [5.41, 5.74) is 3.22. The standard InChI is InChI=1S/C16H14ClNO/c1-11-5-2-3-8-15(11)19-10-12-9-18-16-13(12)6-4-7-14(16)17/h2-9,18H,10H2,1H3. The van der Waals surface area contributed by atoms with Crippen LogP contribution in [0, 0.1) is 6.92 Å². The van der Waals surface area contributed by atoms with E-state index in [2.05, 4.69) is 4.98 Å². The zero-order chi connectivity index (χ0) is 13.2. The highest BCUT2D eigenvalue weighted by molar-refractivity contribution is 6.35. The van der Waals surface area contributed by atoms with Crippen molar-refractivity contribution in [3.8, 4) is 5.75 Å². The van der Waals surface area contributed by atoms with Gasteiger partial charge >= 0.3 is 0 Å². The third-order valence-electron chi connectivity index (χ3n) is 3.23. The molecule has 0 amide bonds. The highest BCUT2D eigenvalue weighted by Gasteiger charge is 2.07. The first kappa shape index (κ1) is 12.1. The molecule has 1 aromatic heterocycles. The molecule has 19 heavy (non-hydrogen) atoms. The van der Waals surface area contributed by atoms with Crippen LogP contribution in [0.5, 0.6) is 5.75 Å². The van der Waals surface area contributed by atoms with Gasteiger partial charge in [0.25, 0.3) is 0 Å². The number of aryl methyl sites for hydroxylation is 1. The molecule has 0 unspecified atom stereocenters. The predicted molar refractivity (Wildman–Crippen MR) is 78.8 cm³/mol. The van der Waals surface area contributed by atoms with Crippen molar-refractivity contribution in [2.75, 3.05) is 0 Å². The molecule has 0 aliphatic rings. The van der Waals surface area contributed by atoms with Gasteiger partial charge in [-0.05, 0) is 24.6 Å². The van der Waals surface area contributed by atoms with Gasteiger partial charge in [-0.3, -0.25) is 0 Å². The fraction of sp³-hybridized carbons (Fsp3) is 0.125. The summed E-state index contributed by atoms with van der Waals surface area (Å²) in [6.07, 6.45) is 1.95. The van der Waals surface area contributed by atoms with E-state index in [1.165, 1.54) is 0 Å². The fourth-order valence-corrected chi connectivity index (χ4v) is 2.40. The number of aromatic nitrogens is 1. The van der Waals surface area contributed by atoms with E-state index < -0.39 is 0 Å². The number of para-hydroxylation sites is 2. The summed E-state index contributed by atoms with van der Waals surface area (Å²) in [7, 11) is 0. The Labute approximate surface area is 117 Å². The Morgan fingerprint density at radius 1 is 1.11 bits per heavy atom. The minimum atomic E-state index is 0.533. The summed E-state index contributed by atoms with van der Waals surface area (Å²) in [5.74, 6) is 0.916. The van der Waals surface area contributed by atoms with Crippen molar-refractivity contribution in [1.82, 2.24) is 4.98 Å². The van der Waals surface area contributed by atoms with Crippen LogP contribution in [0.4, 0.5) is 0 Å². The van der Waals surface area contributed by atoms with E-state index in [0.717, 1.165) is 32.8 Å². The normalized spacial score (nSPS) is 10.8. The molecule has 0 saturated carbocycles. The fourth-order valence-electron chi connectivity index (χ4n) is 2.17. The van der Waals surface area contributed by atoms with Gasteiger partial charge in [0, 0.05) is 17.1 Å². The number of benzene rings is 2. The zero-order valence-corrected chi connectivity index (χ0v) is 11.4. The molecule has 3 heteroatoms. The Kier molecular flexibility index (Phi) is 3.18. The third-order valence-corrected chi connectivity index (χ3v) is 3.54. The number of hydrogen-bond acceptors (Lipinski definition) is 1. The molecule has 0 atom stereocenters. The van der Waals surface area contributed by atoms with Gasteiger partial charge < -0.3 is 9.72 Å². The molecule has 0 aliphatic carbocycles. The molecule has 2 nitrogen and oxygen atoms in total. The molecule has 0 fully saturated rings. The molecule has 3 aromatic rings. The number of hydrogen-bond donors (Lipinski definition) is 1. The lowest BCUT2D eigenvalue weighted by Crippen LogP contribution is -1.95. The average molecular weight is 272 g/mol. The first-order chi connectivity index (χ1) is 9.25. The second-order valence-corrected chi connectivity index (χ2v) is 4.94. The van der Waals surface area contributed by atoms with E-state index >= 15 is 0 Å². The summed E-state index contributed by atoms with van der Waals surface area (Å²) < 4.78 is 5.87. The van der Waals surface area contributed by atoms with Gasteiger partial charge in [0.05, 0.1) is 10.5 Å². The lowest BCUT2D eigenvalue weighted by Gasteiger charge is -2.08. The molecule has 1 N–H and O–H groups in total. The van der Waals surface area contributed by atoms with Crippen molar-refractivity contribution in [2.24, 2.45) is 0 Å². The summed E-state index contributed by atoms with van der Waals surface area (Å²) in [5, 5.41) is 1.85. The number of ether oxygens (including phenoxy) is 1. The first-order valence-corrected chi connectivity index (χ1v) is 6.56. The molecule has 0 bridgehead atoms. The topological polar surface area (TPSA) is 25.0 Å². The molecule has 2 aromatic carbocycles. The Bertz CT molecular complexity index is 718. The Hall–Kier alpha value is -1.93. The monoisotopic (exact) mass is 271 g/mol. The van der Waals surface area contributed by atoms with E-state index in [1.54, 1.807) is 0 Å². The van der Waals surface area contributed by atoms with Crippen molar-refractivity contribution in [3.05, 3.63) is 64.8 Å². The van der Waals surface area contributed by atoms with Crippen LogP contribution < -0.4 is 4.74 Å².